The third kappa shape index (κ3) is 6.40. The minimum absolute atomic E-state index is 0.199. The minimum Gasteiger partial charge on any atom is -0.382 e. The number of nitrogens with zero attached hydrogens (tertiary/aromatic N) is 5. The fourth-order valence-corrected chi connectivity index (χ4v) is 5.72. The molecule has 0 bridgehead atoms. The number of hydrogen-bond acceptors (Lipinski definition) is 9. The molecule has 5 atom stereocenters. The van der Waals surface area contributed by atoms with Gasteiger partial charge in [-0.05, 0) is 51.5 Å². The van der Waals surface area contributed by atoms with Gasteiger partial charge in [-0.1, -0.05) is 32.9 Å². The number of allylic oxidation sites excluding steroid dienone is 3. The zero-order valence-corrected chi connectivity index (χ0v) is 25.1. The molecular formula is C29H44N8O4. The first kappa shape index (κ1) is 29.4. The number of ether oxygens (including phenoxy) is 3. The number of fused-ring (bicyclic) bond motifs is 2. The van der Waals surface area contributed by atoms with E-state index in [1.165, 1.54) is 6.33 Å². The smallest absolute Gasteiger partial charge is 0.319 e. The maximum Gasteiger partial charge on any atom is 0.319 e. The fourth-order valence-electron chi connectivity index (χ4n) is 5.72. The van der Waals surface area contributed by atoms with Gasteiger partial charge in [-0.3, -0.25) is 9.47 Å². The molecule has 2 fully saturated rings. The van der Waals surface area contributed by atoms with Gasteiger partial charge >= 0.3 is 6.03 Å². The normalized spacial score (nSPS) is 27.4. The third-order valence-electron chi connectivity index (χ3n) is 8.09. The Morgan fingerprint density at radius 2 is 1.98 bits per heavy atom. The highest BCUT2D eigenvalue weighted by atomic mass is 16.8. The van der Waals surface area contributed by atoms with Gasteiger partial charge in [0.15, 0.2) is 23.5 Å². The monoisotopic (exact) mass is 568 g/mol. The van der Waals surface area contributed by atoms with Crippen LogP contribution in [0.15, 0.2) is 36.6 Å². The Bertz CT molecular complexity index is 1310. The quantitative estimate of drug-likeness (QED) is 0.437. The molecule has 0 spiro atoms. The van der Waals surface area contributed by atoms with Crippen LogP contribution in [0.3, 0.4) is 0 Å². The van der Waals surface area contributed by atoms with E-state index in [0.29, 0.717) is 42.5 Å². The van der Waals surface area contributed by atoms with Crippen LogP contribution in [0.5, 0.6) is 0 Å². The summed E-state index contributed by atoms with van der Waals surface area (Å²) >= 11 is 0. The van der Waals surface area contributed by atoms with Gasteiger partial charge in [-0.25, -0.2) is 19.7 Å². The molecule has 3 aliphatic rings. The molecule has 41 heavy (non-hydrogen) atoms. The first-order chi connectivity index (χ1) is 19.3. The van der Waals surface area contributed by atoms with Crippen LogP contribution < -0.4 is 16.4 Å². The molecule has 2 aromatic heterocycles. The topological polar surface area (TPSA) is 142 Å². The molecule has 2 aromatic rings. The second-order valence-corrected chi connectivity index (χ2v) is 12.9. The number of imidazole rings is 1. The van der Waals surface area contributed by atoms with Gasteiger partial charge in [0.1, 0.15) is 30.2 Å². The van der Waals surface area contributed by atoms with E-state index in [1.807, 2.05) is 24.5 Å². The molecule has 2 saturated heterocycles. The van der Waals surface area contributed by atoms with Gasteiger partial charge in [0, 0.05) is 31.4 Å². The number of rotatable bonds is 8. The summed E-state index contributed by atoms with van der Waals surface area (Å²) in [6.45, 7) is 16.5. The average Bonchev–Trinajstić information content (AvgIpc) is 3.55. The zero-order chi connectivity index (χ0) is 29.5. The molecule has 0 saturated carbocycles. The van der Waals surface area contributed by atoms with Crippen molar-refractivity contribution in [1.82, 2.24) is 35.1 Å². The Morgan fingerprint density at radius 1 is 1.22 bits per heavy atom. The highest BCUT2D eigenvalue weighted by molar-refractivity contribution is 5.81. The van der Waals surface area contributed by atoms with E-state index in [2.05, 4.69) is 77.3 Å². The van der Waals surface area contributed by atoms with Gasteiger partial charge in [-0.2, -0.15) is 0 Å². The van der Waals surface area contributed by atoms with Crippen LogP contribution in [0.1, 0.15) is 61.1 Å². The van der Waals surface area contributed by atoms with Crippen LogP contribution in [-0.4, -0.2) is 80.2 Å². The lowest BCUT2D eigenvalue weighted by molar-refractivity contribution is -0.198. The lowest BCUT2D eigenvalue weighted by Crippen LogP contribution is -2.46. The number of nitrogens with two attached hydrogens (primary N) is 1. The predicted molar refractivity (Wildman–Crippen MR) is 155 cm³/mol. The number of nitrogens with one attached hydrogen (secondary N) is 2. The van der Waals surface area contributed by atoms with Crippen LogP contribution in [0.2, 0.25) is 0 Å². The summed E-state index contributed by atoms with van der Waals surface area (Å²) < 4.78 is 21.1. The lowest BCUT2D eigenvalue weighted by atomic mass is 9.77. The van der Waals surface area contributed by atoms with Crippen molar-refractivity contribution >= 4 is 23.0 Å². The second kappa shape index (κ2) is 11.3. The molecule has 1 unspecified atom stereocenters. The average molecular weight is 569 g/mol. The van der Waals surface area contributed by atoms with Gasteiger partial charge in [0.05, 0.1) is 6.33 Å². The van der Waals surface area contributed by atoms with E-state index in [4.69, 9.17) is 19.9 Å². The Balaban J connectivity index is 1.20. The van der Waals surface area contributed by atoms with Crippen molar-refractivity contribution in [1.29, 1.82) is 0 Å². The third-order valence-corrected chi connectivity index (χ3v) is 8.09. The maximum absolute atomic E-state index is 12.6. The van der Waals surface area contributed by atoms with Crippen LogP contribution in [0.25, 0.3) is 11.2 Å². The molecule has 2 aliphatic heterocycles. The van der Waals surface area contributed by atoms with E-state index in [0.717, 1.165) is 12.1 Å². The van der Waals surface area contributed by atoms with Crippen LogP contribution in [-0.2, 0) is 14.2 Å². The van der Waals surface area contributed by atoms with E-state index < -0.39 is 12.0 Å². The van der Waals surface area contributed by atoms with Crippen LogP contribution >= 0.6 is 0 Å². The molecule has 1 aliphatic carbocycles. The first-order valence-corrected chi connectivity index (χ1v) is 14.4. The van der Waals surface area contributed by atoms with Gasteiger partial charge < -0.3 is 30.6 Å². The summed E-state index contributed by atoms with van der Waals surface area (Å²) in [7, 11) is 0. The Hall–Kier alpha value is -3.06. The Kier molecular flexibility index (Phi) is 8.12. The summed E-state index contributed by atoms with van der Waals surface area (Å²) in [4.78, 5) is 27.7. The number of nitrogen functional groups attached to an aromatic ring is 1. The number of amides is 2. The van der Waals surface area contributed by atoms with Crippen molar-refractivity contribution in [3.8, 4) is 0 Å². The standard InChI is InChI=1S/C29H44N8O4/c1-17(2)36(13-12-31-27(38)35-19-10-8-18(9-11-19)28(3,4)5)14-20-22-23(41-29(6,7)40-22)26(39-20)37-16-34-21-24(30)32-15-33-25(21)37/h8,10-11,15-18,20,22-23,26H,9,12-14H2,1-7H3,(H2,30,32,33)(H2,31,35,38)/t18?,20-,22-,23-,26-/m1/s1. The highest BCUT2D eigenvalue weighted by Gasteiger charge is 2.56. The summed E-state index contributed by atoms with van der Waals surface area (Å²) in [5, 5.41) is 5.96. The summed E-state index contributed by atoms with van der Waals surface area (Å²) in [6.07, 6.45) is 8.88. The van der Waals surface area contributed by atoms with Crippen molar-refractivity contribution in [2.24, 2.45) is 11.3 Å². The summed E-state index contributed by atoms with van der Waals surface area (Å²) in [6, 6.07) is 0.00908. The summed E-state index contributed by atoms with van der Waals surface area (Å²) in [5.74, 6) is 0.0277. The number of urea groups is 1. The molecule has 4 heterocycles. The summed E-state index contributed by atoms with van der Waals surface area (Å²) in [5.41, 5.74) is 8.16. The number of hydrogen-bond donors (Lipinski definition) is 3. The highest BCUT2D eigenvalue weighted by Crippen LogP contribution is 2.44. The number of anilines is 1. The van der Waals surface area contributed by atoms with Gasteiger partial charge in [0.25, 0.3) is 0 Å². The van der Waals surface area contributed by atoms with Crippen molar-refractivity contribution in [3.05, 3.63) is 36.6 Å². The predicted octanol–water partition coefficient (Wildman–Crippen LogP) is 3.34. The molecule has 0 radical (unpaired) electrons. The first-order valence-electron chi connectivity index (χ1n) is 14.4. The Labute approximate surface area is 241 Å². The van der Waals surface area contributed by atoms with E-state index >= 15 is 0 Å². The second-order valence-electron chi connectivity index (χ2n) is 12.9. The molecule has 0 aromatic carbocycles. The minimum atomic E-state index is -0.753. The number of carbonyl (C=O) groups excluding carboxylic acids is 1. The molecule has 12 heteroatoms. The van der Waals surface area contributed by atoms with Gasteiger partial charge in [-0.15, -0.1) is 0 Å². The van der Waals surface area contributed by atoms with E-state index in [1.54, 1.807) is 6.33 Å². The van der Waals surface area contributed by atoms with Gasteiger partial charge in [0.2, 0.25) is 0 Å². The SMILES string of the molecule is CC(C)N(CCNC(=O)NC1=CCC(C(C)(C)C)C=C1)C[C@H]1O[C@@H](n2cnc3c(N)ncnc32)[C@@H]2OC(C)(C)O[C@@H]21. The van der Waals surface area contributed by atoms with Crippen molar-refractivity contribution in [2.75, 3.05) is 25.4 Å². The number of aromatic nitrogens is 4. The van der Waals surface area contributed by atoms with Crippen molar-refractivity contribution < 1.29 is 19.0 Å². The molecule has 4 N–H and O–H groups in total. The number of carbonyl (C=O) groups is 1. The molecule has 224 valence electrons. The molecular weight excluding hydrogens is 524 g/mol. The van der Waals surface area contributed by atoms with Crippen LogP contribution in [0, 0.1) is 11.3 Å². The van der Waals surface area contributed by atoms with E-state index in [-0.39, 0.29) is 35.8 Å². The molecule has 5 rings (SSSR count). The lowest BCUT2D eigenvalue weighted by Gasteiger charge is -2.31. The molecule has 12 nitrogen and oxygen atoms in total. The van der Waals surface area contributed by atoms with Crippen molar-refractivity contribution in [3.63, 3.8) is 0 Å². The zero-order valence-electron chi connectivity index (χ0n) is 25.1. The largest absolute Gasteiger partial charge is 0.382 e. The maximum atomic E-state index is 12.6. The molecule has 2 amide bonds. The van der Waals surface area contributed by atoms with E-state index in [9.17, 15) is 4.79 Å². The van der Waals surface area contributed by atoms with Crippen LogP contribution in [0.4, 0.5) is 10.6 Å². The Morgan fingerprint density at radius 3 is 2.66 bits per heavy atom. The fraction of sp³-hybridized carbons (Fsp3) is 0.655. The van der Waals surface area contributed by atoms with Crippen molar-refractivity contribution in [2.45, 2.75) is 91.3 Å².